The molecule has 1 aromatic carbocycles. The Morgan fingerprint density at radius 2 is 1.92 bits per heavy atom. The van der Waals surface area contributed by atoms with E-state index in [0.29, 0.717) is 31.5 Å². The Kier molecular flexibility index (Phi) is 4.07. The van der Waals surface area contributed by atoms with Crippen molar-refractivity contribution in [1.29, 1.82) is 0 Å². The van der Waals surface area contributed by atoms with Crippen LogP contribution in [0.3, 0.4) is 0 Å². The maximum atomic E-state index is 12.6. The fraction of sp³-hybridized carbons (Fsp3) is 0.500. The number of carbonyl (C=O) groups is 3. The van der Waals surface area contributed by atoms with Gasteiger partial charge in [0.15, 0.2) is 0 Å². The number of ether oxygens (including phenoxy) is 1. The number of hydrogen-bond donors (Lipinski definition) is 1. The first-order valence-corrected chi connectivity index (χ1v) is 8.22. The lowest BCUT2D eigenvalue weighted by atomic mass is 9.73. The van der Waals surface area contributed by atoms with E-state index in [9.17, 15) is 14.4 Å². The van der Waals surface area contributed by atoms with Gasteiger partial charge in [-0.05, 0) is 36.6 Å². The maximum absolute atomic E-state index is 12.6. The number of piperidine rings is 1. The average Bonchev–Trinajstić information content (AvgIpc) is 2.85. The monoisotopic (exact) mass is 330 g/mol. The predicted octanol–water partition coefficient (Wildman–Crippen LogP) is 1.94. The molecule has 0 atom stereocenters. The molecular weight excluding hydrogens is 308 g/mol. The Balaban J connectivity index is 1.90. The highest BCUT2D eigenvalue weighted by molar-refractivity contribution is 6.07. The van der Waals surface area contributed by atoms with Crippen LogP contribution >= 0.6 is 0 Å². The maximum Gasteiger partial charge on any atom is 0.337 e. The van der Waals surface area contributed by atoms with E-state index < -0.39 is 11.4 Å². The van der Waals surface area contributed by atoms with Crippen molar-refractivity contribution in [2.75, 3.05) is 25.5 Å². The topological polar surface area (TPSA) is 75.7 Å². The Hall–Kier alpha value is -2.37. The number of hydrogen-bond acceptors (Lipinski definition) is 4. The van der Waals surface area contributed by atoms with Crippen LogP contribution in [0.5, 0.6) is 0 Å². The van der Waals surface area contributed by atoms with Gasteiger partial charge in [0.25, 0.3) is 0 Å². The van der Waals surface area contributed by atoms with Gasteiger partial charge in [0.05, 0.1) is 18.1 Å². The minimum absolute atomic E-state index is 0.0452. The lowest BCUT2D eigenvalue weighted by Crippen LogP contribution is -2.49. The second-order valence-electron chi connectivity index (χ2n) is 6.77. The minimum Gasteiger partial charge on any atom is -0.465 e. The third-order valence-electron chi connectivity index (χ3n) is 5.06. The molecule has 0 radical (unpaired) electrons. The molecule has 2 heterocycles. The van der Waals surface area contributed by atoms with E-state index in [-0.39, 0.29) is 17.7 Å². The molecule has 2 amide bonds. The number of carbonyl (C=O) groups excluding carboxylic acids is 3. The van der Waals surface area contributed by atoms with E-state index in [1.165, 1.54) is 7.11 Å². The quantitative estimate of drug-likeness (QED) is 0.841. The van der Waals surface area contributed by atoms with Crippen LogP contribution in [-0.2, 0) is 19.7 Å². The number of nitrogens with zero attached hydrogens (tertiary/aromatic N) is 1. The predicted molar refractivity (Wildman–Crippen MR) is 88.7 cm³/mol. The third kappa shape index (κ3) is 2.46. The van der Waals surface area contributed by atoms with Crippen LogP contribution in [0, 0.1) is 5.92 Å². The number of likely N-dealkylation sites (tertiary alicyclic amines) is 1. The van der Waals surface area contributed by atoms with Gasteiger partial charge >= 0.3 is 5.97 Å². The molecule has 6 heteroatoms. The van der Waals surface area contributed by atoms with Crippen LogP contribution in [-0.4, -0.2) is 42.9 Å². The third-order valence-corrected chi connectivity index (χ3v) is 5.06. The highest BCUT2D eigenvalue weighted by Gasteiger charge is 2.49. The van der Waals surface area contributed by atoms with Crippen molar-refractivity contribution in [3.63, 3.8) is 0 Å². The lowest BCUT2D eigenvalue weighted by molar-refractivity contribution is -0.137. The number of nitrogens with one attached hydrogen (secondary N) is 1. The fourth-order valence-corrected chi connectivity index (χ4v) is 3.63. The first-order chi connectivity index (χ1) is 11.4. The van der Waals surface area contributed by atoms with E-state index in [4.69, 9.17) is 4.74 Å². The van der Waals surface area contributed by atoms with Crippen LogP contribution in [0.15, 0.2) is 18.2 Å². The normalized spacial score (nSPS) is 18.5. The molecule has 0 aromatic heterocycles. The minimum atomic E-state index is -0.660. The fourth-order valence-electron chi connectivity index (χ4n) is 3.63. The molecule has 3 rings (SSSR count). The van der Waals surface area contributed by atoms with Crippen molar-refractivity contribution < 1.29 is 19.1 Å². The second kappa shape index (κ2) is 5.92. The molecule has 1 saturated heterocycles. The van der Waals surface area contributed by atoms with E-state index in [1.54, 1.807) is 18.2 Å². The van der Waals surface area contributed by atoms with Crippen LogP contribution in [0.25, 0.3) is 0 Å². The molecule has 0 bridgehead atoms. The summed E-state index contributed by atoms with van der Waals surface area (Å²) in [6, 6.07) is 5.15. The Bertz CT molecular complexity index is 703. The number of amides is 2. The highest BCUT2D eigenvalue weighted by Crippen LogP contribution is 2.45. The van der Waals surface area contributed by atoms with Gasteiger partial charge in [-0.3, -0.25) is 9.59 Å². The molecule has 1 fully saturated rings. The molecule has 6 nitrogen and oxygen atoms in total. The summed E-state index contributed by atoms with van der Waals surface area (Å²) in [5.41, 5.74) is 1.36. The van der Waals surface area contributed by atoms with Crippen LogP contribution in [0.1, 0.15) is 42.6 Å². The molecule has 1 N–H and O–H groups in total. The van der Waals surface area contributed by atoms with E-state index in [0.717, 1.165) is 11.3 Å². The van der Waals surface area contributed by atoms with Crippen molar-refractivity contribution in [3.8, 4) is 0 Å². The molecule has 1 spiro atoms. The summed E-state index contributed by atoms with van der Waals surface area (Å²) in [6.45, 7) is 4.86. The summed E-state index contributed by atoms with van der Waals surface area (Å²) in [5, 5.41) is 2.91. The number of benzene rings is 1. The highest BCUT2D eigenvalue weighted by atomic mass is 16.5. The lowest BCUT2D eigenvalue weighted by Gasteiger charge is -2.38. The molecule has 0 unspecified atom stereocenters. The number of esters is 1. The summed E-state index contributed by atoms with van der Waals surface area (Å²) in [5.74, 6) is -0.391. The summed E-state index contributed by atoms with van der Waals surface area (Å²) in [6.07, 6.45) is 1.13. The van der Waals surface area contributed by atoms with Crippen molar-refractivity contribution in [2.45, 2.75) is 32.1 Å². The number of anilines is 1. The molecule has 2 aliphatic rings. The zero-order chi connectivity index (χ0) is 17.5. The van der Waals surface area contributed by atoms with E-state index in [2.05, 4.69) is 5.32 Å². The SMILES string of the molecule is COC(=O)c1ccc2c(c1)C1(CCN(C(=O)C(C)C)CC1)C(=O)N2. The van der Waals surface area contributed by atoms with Crippen LogP contribution in [0.4, 0.5) is 5.69 Å². The Morgan fingerprint density at radius 1 is 1.25 bits per heavy atom. The molecule has 128 valence electrons. The molecule has 1 aromatic rings. The standard InChI is InChI=1S/C18H22N2O4/c1-11(2)15(21)20-8-6-18(7-9-20)13-10-12(16(22)24-3)4-5-14(13)19-17(18)23/h4-5,10-11H,6-9H2,1-3H3,(H,19,23). The van der Waals surface area contributed by atoms with Crippen molar-refractivity contribution in [1.82, 2.24) is 4.90 Å². The van der Waals surface area contributed by atoms with Gasteiger partial charge < -0.3 is 15.0 Å². The zero-order valence-corrected chi connectivity index (χ0v) is 14.2. The summed E-state index contributed by atoms with van der Waals surface area (Å²) in [7, 11) is 1.34. The van der Waals surface area contributed by atoms with E-state index in [1.807, 2.05) is 18.7 Å². The summed E-state index contributed by atoms with van der Waals surface area (Å²) in [4.78, 5) is 38.4. The number of rotatable bonds is 2. The Morgan fingerprint density at radius 3 is 2.50 bits per heavy atom. The smallest absolute Gasteiger partial charge is 0.337 e. The van der Waals surface area contributed by atoms with Gasteiger partial charge in [-0.1, -0.05) is 13.8 Å². The van der Waals surface area contributed by atoms with E-state index >= 15 is 0 Å². The number of fused-ring (bicyclic) bond motifs is 2. The summed E-state index contributed by atoms with van der Waals surface area (Å²) < 4.78 is 4.78. The van der Waals surface area contributed by atoms with Gasteiger partial charge in [-0.2, -0.15) is 0 Å². The molecule has 0 saturated carbocycles. The van der Waals surface area contributed by atoms with Crippen LogP contribution < -0.4 is 5.32 Å². The Labute approximate surface area is 141 Å². The summed E-state index contributed by atoms with van der Waals surface area (Å²) >= 11 is 0. The van der Waals surface area contributed by atoms with Crippen LogP contribution in [0.2, 0.25) is 0 Å². The second-order valence-corrected chi connectivity index (χ2v) is 6.77. The largest absolute Gasteiger partial charge is 0.465 e. The molecule has 0 aliphatic carbocycles. The van der Waals surface area contributed by atoms with Crippen molar-refractivity contribution in [2.24, 2.45) is 5.92 Å². The van der Waals surface area contributed by atoms with Gasteiger partial charge in [0.1, 0.15) is 0 Å². The average molecular weight is 330 g/mol. The number of methoxy groups -OCH3 is 1. The van der Waals surface area contributed by atoms with Gasteiger partial charge in [0.2, 0.25) is 11.8 Å². The van der Waals surface area contributed by atoms with Crippen molar-refractivity contribution >= 4 is 23.5 Å². The molecular formula is C18H22N2O4. The first-order valence-electron chi connectivity index (χ1n) is 8.22. The van der Waals surface area contributed by atoms with Crippen molar-refractivity contribution in [3.05, 3.63) is 29.3 Å². The van der Waals surface area contributed by atoms with Gasteiger partial charge in [0, 0.05) is 24.7 Å². The van der Waals surface area contributed by atoms with Gasteiger partial charge in [-0.25, -0.2) is 4.79 Å². The zero-order valence-electron chi connectivity index (χ0n) is 14.2. The van der Waals surface area contributed by atoms with Gasteiger partial charge in [-0.15, -0.1) is 0 Å². The molecule has 2 aliphatic heterocycles. The first kappa shape index (κ1) is 16.5. The molecule has 24 heavy (non-hydrogen) atoms.